The Morgan fingerprint density at radius 1 is 1.21 bits per heavy atom. The van der Waals surface area contributed by atoms with Crippen LogP contribution in [0.2, 0.25) is 0 Å². The number of benzene rings is 1. The third-order valence-corrected chi connectivity index (χ3v) is 4.52. The van der Waals surface area contributed by atoms with Gasteiger partial charge in [0.25, 0.3) is 5.91 Å². The van der Waals surface area contributed by atoms with Crippen molar-refractivity contribution in [3.05, 3.63) is 35.4 Å². The highest BCUT2D eigenvalue weighted by Crippen LogP contribution is 2.36. The summed E-state index contributed by atoms with van der Waals surface area (Å²) in [4.78, 5) is 12.2. The molecule has 0 aliphatic heterocycles. The van der Waals surface area contributed by atoms with Gasteiger partial charge in [0.2, 0.25) is 0 Å². The average molecular weight is 328 g/mol. The van der Waals surface area contributed by atoms with Gasteiger partial charge in [-0.2, -0.15) is 0 Å². The number of carbonyl (C=O) groups is 1. The Morgan fingerprint density at radius 2 is 1.92 bits per heavy atom. The summed E-state index contributed by atoms with van der Waals surface area (Å²) in [5.74, 6) is 5.88. The van der Waals surface area contributed by atoms with Crippen LogP contribution >= 0.6 is 0 Å². The first-order valence-electron chi connectivity index (χ1n) is 8.95. The van der Waals surface area contributed by atoms with Gasteiger partial charge in [0, 0.05) is 0 Å². The topological polar surface area (TPSA) is 61.4 Å². The minimum absolute atomic E-state index is 0.257. The van der Waals surface area contributed by atoms with E-state index in [2.05, 4.69) is 28.5 Å². The first kappa shape index (κ1) is 18.5. The lowest BCUT2D eigenvalue weighted by Crippen LogP contribution is -2.30. The zero-order chi connectivity index (χ0) is 17.2. The molecular formula is C20H28N2O2. The Morgan fingerprint density at radius 3 is 2.67 bits per heavy atom. The van der Waals surface area contributed by atoms with Crippen LogP contribution in [0.4, 0.5) is 0 Å². The van der Waals surface area contributed by atoms with Crippen molar-refractivity contribution >= 4 is 5.91 Å². The Bertz CT molecular complexity index is 583. The fraction of sp³-hybridized carbons (Fsp3) is 0.550. The number of aliphatic hydroxyl groups is 1. The van der Waals surface area contributed by atoms with Crippen LogP contribution in [0.5, 0.6) is 0 Å². The van der Waals surface area contributed by atoms with Crippen molar-refractivity contribution in [2.24, 2.45) is 0 Å². The molecule has 0 bridgehead atoms. The molecule has 0 spiro atoms. The molecule has 0 saturated heterocycles. The van der Waals surface area contributed by atoms with Gasteiger partial charge in [-0.25, -0.2) is 0 Å². The summed E-state index contributed by atoms with van der Waals surface area (Å²) in [7, 11) is 0. The van der Waals surface area contributed by atoms with E-state index >= 15 is 0 Å². The number of hydrogen-bond acceptors (Lipinski definition) is 3. The zero-order valence-corrected chi connectivity index (χ0v) is 14.5. The maximum atomic E-state index is 12.2. The molecule has 4 heteroatoms. The lowest BCUT2D eigenvalue weighted by molar-refractivity contribution is -0.129. The summed E-state index contributed by atoms with van der Waals surface area (Å²) < 4.78 is 0. The number of amides is 1. The molecule has 0 heterocycles. The minimum Gasteiger partial charge on any atom is -0.378 e. The van der Waals surface area contributed by atoms with Crippen LogP contribution < -0.4 is 10.6 Å². The number of aliphatic hydroxyl groups excluding tert-OH is 1. The van der Waals surface area contributed by atoms with E-state index in [0.29, 0.717) is 12.5 Å². The van der Waals surface area contributed by atoms with Crippen LogP contribution in [-0.4, -0.2) is 30.6 Å². The summed E-state index contributed by atoms with van der Waals surface area (Å²) in [5.41, 5.74) is 1.86. The lowest BCUT2D eigenvalue weighted by atomic mass is 9.81. The number of rotatable bonds is 6. The van der Waals surface area contributed by atoms with E-state index < -0.39 is 6.10 Å². The van der Waals surface area contributed by atoms with Crippen molar-refractivity contribution in [3.8, 4) is 11.8 Å². The van der Waals surface area contributed by atoms with Gasteiger partial charge in [0.1, 0.15) is 0 Å². The second kappa shape index (κ2) is 10.1. The lowest BCUT2D eigenvalue weighted by Gasteiger charge is -2.25. The molecule has 1 aliphatic carbocycles. The standard InChI is InChI=1S/C20H28N2O2/c1-2-21-14-8-9-15-22-20(24)19(23)18-13-7-6-12-17(18)16-10-4-3-5-11-16/h6-7,12-13,16,19,21,23H,2-5,10-11,14-15H2,1H3,(H,22,24). The Kier molecular flexibility index (Phi) is 7.81. The predicted molar refractivity (Wildman–Crippen MR) is 96.6 cm³/mol. The molecule has 0 aromatic heterocycles. The van der Waals surface area contributed by atoms with E-state index in [0.717, 1.165) is 30.5 Å². The molecule has 1 atom stereocenters. The molecule has 1 saturated carbocycles. The van der Waals surface area contributed by atoms with Crippen LogP contribution in [0.1, 0.15) is 62.2 Å². The molecule has 1 amide bonds. The van der Waals surface area contributed by atoms with Gasteiger partial charge >= 0.3 is 0 Å². The van der Waals surface area contributed by atoms with Gasteiger partial charge < -0.3 is 15.7 Å². The fourth-order valence-electron chi connectivity index (χ4n) is 3.23. The van der Waals surface area contributed by atoms with Gasteiger partial charge in [0.15, 0.2) is 6.10 Å². The maximum Gasteiger partial charge on any atom is 0.254 e. The molecule has 1 unspecified atom stereocenters. The van der Waals surface area contributed by atoms with Crippen LogP contribution in [0, 0.1) is 11.8 Å². The minimum atomic E-state index is -1.13. The summed E-state index contributed by atoms with van der Waals surface area (Å²) in [6, 6.07) is 7.79. The molecular weight excluding hydrogens is 300 g/mol. The van der Waals surface area contributed by atoms with Crippen LogP contribution in [0.15, 0.2) is 24.3 Å². The van der Waals surface area contributed by atoms with E-state index in [4.69, 9.17) is 0 Å². The number of nitrogens with one attached hydrogen (secondary N) is 2. The largest absolute Gasteiger partial charge is 0.378 e. The summed E-state index contributed by atoms with van der Waals surface area (Å²) >= 11 is 0. The number of carbonyl (C=O) groups excluding carboxylic acids is 1. The quantitative estimate of drug-likeness (QED) is 0.555. The monoisotopic (exact) mass is 328 g/mol. The molecule has 1 aromatic rings. The van der Waals surface area contributed by atoms with Crippen molar-refractivity contribution < 1.29 is 9.90 Å². The first-order chi connectivity index (χ1) is 11.7. The van der Waals surface area contributed by atoms with Crippen molar-refractivity contribution in [2.75, 3.05) is 19.6 Å². The van der Waals surface area contributed by atoms with Crippen molar-refractivity contribution in [3.63, 3.8) is 0 Å². The summed E-state index contributed by atoms with van der Waals surface area (Å²) in [6.07, 6.45) is 4.89. The van der Waals surface area contributed by atoms with Crippen molar-refractivity contribution in [1.82, 2.24) is 10.6 Å². The van der Waals surface area contributed by atoms with Gasteiger partial charge in [-0.05, 0) is 36.4 Å². The molecule has 4 nitrogen and oxygen atoms in total. The second-order valence-electron chi connectivity index (χ2n) is 6.22. The Labute approximate surface area is 145 Å². The van der Waals surface area contributed by atoms with Gasteiger partial charge in [-0.1, -0.05) is 62.3 Å². The van der Waals surface area contributed by atoms with Crippen LogP contribution in [0.3, 0.4) is 0 Å². The van der Waals surface area contributed by atoms with Crippen LogP contribution in [-0.2, 0) is 4.79 Å². The summed E-state index contributed by atoms with van der Waals surface area (Å²) in [5, 5.41) is 16.3. The van der Waals surface area contributed by atoms with E-state index in [1.165, 1.54) is 19.3 Å². The molecule has 3 N–H and O–H groups in total. The summed E-state index contributed by atoms with van der Waals surface area (Å²) in [6.45, 7) is 3.76. The molecule has 0 radical (unpaired) electrons. The first-order valence-corrected chi connectivity index (χ1v) is 8.95. The van der Waals surface area contributed by atoms with Gasteiger partial charge in [0.05, 0.1) is 13.1 Å². The number of hydrogen-bond donors (Lipinski definition) is 3. The fourth-order valence-corrected chi connectivity index (χ4v) is 3.23. The highest BCUT2D eigenvalue weighted by Gasteiger charge is 2.24. The highest BCUT2D eigenvalue weighted by molar-refractivity contribution is 5.82. The highest BCUT2D eigenvalue weighted by atomic mass is 16.3. The molecule has 1 aliphatic rings. The Balaban J connectivity index is 1.96. The smallest absolute Gasteiger partial charge is 0.254 e. The Hall–Kier alpha value is -1.83. The predicted octanol–water partition coefficient (Wildman–Crippen LogP) is 2.50. The maximum absolute atomic E-state index is 12.2. The van der Waals surface area contributed by atoms with E-state index in [9.17, 15) is 9.90 Å². The molecule has 1 fully saturated rings. The molecule has 24 heavy (non-hydrogen) atoms. The second-order valence-corrected chi connectivity index (χ2v) is 6.22. The van der Waals surface area contributed by atoms with Crippen molar-refractivity contribution in [1.29, 1.82) is 0 Å². The van der Waals surface area contributed by atoms with E-state index in [1.54, 1.807) is 0 Å². The van der Waals surface area contributed by atoms with Gasteiger partial charge in [-0.15, -0.1) is 0 Å². The molecule has 130 valence electrons. The molecule has 2 rings (SSSR count). The normalized spacial score (nSPS) is 16.1. The van der Waals surface area contributed by atoms with Crippen LogP contribution in [0.25, 0.3) is 0 Å². The van der Waals surface area contributed by atoms with Gasteiger partial charge in [-0.3, -0.25) is 4.79 Å². The molecule has 1 aromatic carbocycles. The SMILES string of the molecule is CCNCC#CCNC(=O)C(O)c1ccccc1C1CCCCC1. The van der Waals surface area contributed by atoms with Crippen molar-refractivity contribution in [2.45, 2.75) is 51.0 Å². The third-order valence-electron chi connectivity index (χ3n) is 4.52. The van der Waals surface area contributed by atoms with E-state index in [-0.39, 0.29) is 12.5 Å². The zero-order valence-electron chi connectivity index (χ0n) is 14.5. The average Bonchev–Trinajstić information content (AvgIpc) is 2.64. The van der Waals surface area contributed by atoms with E-state index in [1.807, 2.05) is 25.1 Å². The third kappa shape index (κ3) is 5.36.